The number of hydrogen-bond acceptors (Lipinski definition) is 3. The number of hydrogen-bond donors (Lipinski definition) is 0. The number of carbonyl (C=O) groups excluding carboxylic acids is 1. The Morgan fingerprint density at radius 3 is 2.96 bits per heavy atom. The van der Waals surface area contributed by atoms with Crippen LogP contribution >= 0.6 is 0 Å². The molecule has 0 saturated carbocycles. The van der Waals surface area contributed by atoms with Crippen LogP contribution in [-0.2, 0) is 6.54 Å². The molecule has 0 radical (unpaired) electrons. The molecule has 3 heterocycles. The molecule has 0 N–H and O–H groups in total. The Labute approximate surface area is 144 Å². The molecule has 2 aromatic heterocycles. The van der Waals surface area contributed by atoms with E-state index < -0.39 is 0 Å². The van der Waals surface area contributed by atoms with Gasteiger partial charge < -0.3 is 4.90 Å². The zero-order valence-electron chi connectivity index (χ0n) is 13.6. The first-order valence-corrected chi connectivity index (χ1v) is 8.31. The van der Waals surface area contributed by atoms with Gasteiger partial charge >= 0.3 is 0 Å². The van der Waals surface area contributed by atoms with Crippen LogP contribution in [-0.4, -0.2) is 43.0 Å². The normalized spacial score (nSPS) is 17.2. The highest BCUT2D eigenvalue weighted by Gasteiger charge is 2.30. The van der Waals surface area contributed by atoms with Crippen LogP contribution in [0.1, 0.15) is 23.3 Å². The van der Waals surface area contributed by atoms with Crippen LogP contribution in [0.3, 0.4) is 0 Å². The summed E-state index contributed by atoms with van der Waals surface area (Å²) in [5.74, 6) is -0.426. The topological polar surface area (TPSA) is 56.0 Å². The van der Waals surface area contributed by atoms with Crippen LogP contribution in [0.4, 0.5) is 4.39 Å². The lowest BCUT2D eigenvalue weighted by molar-refractivity contribution is 0.0715. The van der Waals surface area contributed by atoms with Crippen molar-refractivity contribution in [3.8, 4) is 5.69 Å². The number of amides is 1. The number of benzene rings is 1. The molecule has 6 nitrogen and oxygen atoms in total. The molecule has 0 aliphatic carbocycles. The lowest BCUT2D eigenvalue weighted by Gasteiger charge is -2.23. The molecule has 0 unspecified atom stereocenters. The molecule has 7 heteroatoms. The largest absolute Gasteiger partial charge is 0.332 e. The first-order valence-electron chi connectivity index (χ1n) is 8.31. The second-order valence-electron chi connectivity index (χ2n) is 6.15. The van der Waals surface area contributed by atoms with Gasteiger partial charge in [-0.3, -0.25) is 9.48 Å². The van der Waals surface area contributed by atoms with Crippen LogP contribution in [0.15, 0.2) is 55.0 Å². The van der Waals surface area contributed by atoms with Crippen molar-refractivity contribution in [2.45, 2.75) is 25.4 Å². The molecule has 4 rings (SSSR count). The number of halogens is 1. The van der Waals surface area contributed by atoms with E-state index in [0.717, 1.165) is 19.4 Å². The van der Waals surface area contributed by atoms with Crippen molar-refractivity contribution < 1.29 is 9.18 Å². The Hall–Kier alpha value is -2.96. The Morgan fingerprint density at radius 1 is 1.24 bits per heavy atom. The summed E-state index contributed by atoms with van der Waals surface area (Å²) >= 11 is 0. The molecule has 1 aliphatic rings. The predicted octanol–water partition coefficient (Wildman–Crippen LogP) is 2.51. The van der Waals surface area contributed by atoms with E-state index in [9.17, 15) is 9.18 Å². The average Bonchev–Trinajstić information content (AvgIpc) is 3.36. The van der Waals surface area contributed by atoms with Gasteiger partial charge in [0.15, 0.2) is 5.69 Å². The van der Waals surface area contributed by atoms with Gasteiger partial charge in [-0.2, -0.15) is 10.2 Å². The first-order chi connectivity index (χ1) is 12.2. The summed E-state index contributed by atoms with van der Waals surface area (Å²) in [7, 11) is 0. The molecule has 1 atom stereocenters. The maximum atomic E-state index is 13.4. The molecular formula is C18H18FN5O. The molecule has 0 spiro atoms. The van der Waals surface area contributed by atoms with Gasteiger partial charge in [-0.05, 0) is 43.2 Å². The van der Waals surface area contributed by atoms with Crippen molar-refractivity contribution in [2.24, 2.45) is 0 Å². The Balaban J connectivity index is 1.52. The van der Waals surface area contributed by atoms with Gasteiger partial charge in [-0.25, -0.2) is 9.07 Å². The summed E-state index contributed by atoms with van der Waals surface area (Å²) in [6.07, 6.45) is 7.25. The fraction of sp³-hybridized carbons (Fsp3) is 0.278. The van der Waals surface area contributed by atoms with Crippen molar-refractivity contribution >= 4 is 5.91 Å². The predicted molar refractivity (Wildman–Crippen MR) is 89.8 cm³/mol. The average molecular weight is 339 g/mol. The van der Waals surface area contributed by atoms with E-state index in [4.69, 9.17) is 0 Å². The number of rotatable bonds is 4. The van der Waals surface area contributed by atoms with Gasteiger partial charge in [-0.1, -0.05) is 6.07 Å². The fourth-order valence-corrected chi connectivity index (χ4v) is 3.26. The number of aromatic nitrogens is 4. The summed E-state index contributed by atoms with van der Waals surface area (Å²) < 4.78 is 16.7. The van der Waals surface area contributed by atoms with Gasteiger partial charge in [0, 0.05) is 25.1 Å². The highest BCUT2D eigenvalue weighted by atomic mass is 19.1. The molecule has 128 valence electrons. The second-order valence-corrected chi connectivity index (χ2v) is 6.15. The minimum absolute atomic E-state index is 0.0928. The van der Waals surface area contributed by atoms with Crippen molar-refractivity contribution in [3.05, 3.63) is 66.5 Å². The molecule has 1 fully saturated rings. The molecule has 1 aliphatic heterocycles. The van der Waals surface area contributed by atoms with E-state index in [1.54, 1.807) is 30.6 Å². The lowest BCUT2D eigenvalue weighted by atomic mass is 10.2. The maximum Gasteiger partial charge on any atom is 0.274 e. The third-order valence-corrected chi connectivity index (χ3v) is 4.48. The van der Waals surface area contributed by atoms with Crippen LogP contribution in [0.2, 0.25) is 0 Å². The van der Waals surface area contributed by atoms with Crippen LogP contribution in [0.5, 0.6) is 0 Å². The Bertz CT molecular complexity index is 873. The summed E-state index contributed by atoms with van der Waals surface area (Å²) in [5, 5.41) is 8.56. The fourth-order valence-electron chi connectivity index (χ4n) is 3.26. The van der Waals surface area contributed by atoms with E-state index in [1.807, 2.05) is 21.8 Å². The zero-order valence-corrected chi connectivity index (χ0v) is 13.6. The Morgan fingerprint density at radius 2 is 2.16 bits per heavy atom. The molecule has 1 aromatic carbocycles. The lowest BCUT2D eigenvalue weighted by Crippen LogP contribution is -2.38. The van der Waals surface area contributed by atoms with Crippen molar-refractivity contribution in [2.75, 3.05) is 6.54 Å². The van der Waals surface area contributed by atoms with Crippen molar-refractivity contribution in [1.82, 2.24) is 24.5 Å². The minimum atomic E-state index is -0.334. The quantitative estimate of drug-likeness (QED) is 0.734. The van der Waals surface area contributed by atoms with Gasteiger partial charge in [0.1, 0.15) is 5.82 Å². The van der Waals surface area contributed by atoms with Crippen LogP contribution in [0, 0.1) is 5.82 Å². The van der Waals surface area contributed by atoms with Crippen molar-refractivity contribution in [3.63, 3.8) is 0 Å². The molecule has 0 bridgehead atoms. The SMILES string of the molecule is O=C(c1ccn(-c2cccc(F)c2)n1)N1CCC[C@@H]1Cn1cccn1. The maximum absolute atomic E-state index is 13.4. The van der Waals surface area contributed by atoms with Crippen LogP contribution in [0.25, 0.3) is 5.69 Å². The molecule has 1 amide bonds. The molecular weight excluding hydrogens is 321 g/mol. The highest BCUT2D eigenvalue weighted by molar-refractivity contribution is 5.92. The molecule has 3 aromatic rings. The summed E-state index contributed by atoms with van der Waals surface area (Å²) in [6, 6.07) is 9.81. The minimum Gasteiger partial charge on any atom is -0.332 e. The molecule has 1 saturated heterocycles. The van der Waals surface area contributed by atoms with Gasteiger partial charge in [0.2, 0.25) is 0 Å². The summed E-state index contributed by atoms with van der Waals surface area (Å²) in [4.78, 5) is 14.7. The first kappa shape index (κ1) is 15.6. The van der Waals surface area contributed by atoms with E-state index in [1.165, 1.54) is 16.8 Å². The standard InChI is InChI=1S/C18H18FN5O/c19-14-4-1-5-15(12-14)24-11-7-17(21-24)18(25)23-10-2-6-16(23)13-22-9-3-8-20-22/h1,3-5,7-9,11-12,16H,2,6,10,13H2/t16-/m1/s1. The third kappa shape index (κ3) is 3.17. The smallest absolute Gasteiger partial charge is 0.274 e. The van der Waals surface area contributed by atoms with Crippen LogP contribution < -0.4 is 0 Å². The highest BCUT2D eigenvalue weighted by Crippen LogP contribution is 2.21. The monoisotopic (exact) mass is 339 g/mol. The van der Waals surface area contributed by atoms with Gasteiger partial charge in [0.25, 0.3) is 5.91 Å². The van der Waals surface area contributed by atoms with Gasteiger partial charge in [-0.15, -0.1) is 0 Å². The van der Waals surface area contributed by atoms with Gasteiger partial charge in [0.05, 0.1) is 18.3 Å². The molecule has 25 heavy (non-hydrogen) atoms. The number of likely N-dealkylation sites (tertiary alicyclic amines) is 1. The van der Waals surface area contributed by atoms with E-state index >= 15 is 0 Å². The number of nitrogens with zero attached hydrogens (tertiary/aromatic N) is 5. The third-order valence-electron chi connectivity index (χ3n) is 4.48. The summed E-state index contributed by atoms with van der Waals surface area (Å²) in [5.41, 5.74) is 0.963. The van der Waals surface area contributed by atoms with E-state index in [-0.39, 0.29) is 17.8 Å². The van der Waals surface area contributed by atoms with E-state index in [0.29, 0.717) is 17.9 Å². The summed E-state index contributed by atoms with van der Waals surface area (Å²) in [6.45, 7) is 1.40. The second kappa shape index (κ2) is 6.51. The van der Waals surface area contributed by atoms with Crippen molar-refractivity contribution in [1.29, 1.82) is 0 Å². The number of carbonyl (C=O) groups is 1. The van der Waals surface area contributed by atoms with E-state index in [2.05, 4.69) is 10.2 Å². The Kier molecular flexibility index (Phi) is 4.05. The zero-order chi connectivity index (χ0) is 17.2.